The number of para-hydroxylation sites is 1. The van der Waals surface area contributed by atoms with E-state index in [0.717, 1.165) is 54.3 Å². The van der Waals surface area contributed by atoms with Crippen molar-refractivity contribution in [1.82, 2.24) is 31.2 Å². The van der Waals surface area contributed by atoms with Gasteiger partial charge in [-0.15, -0.1) is 0 Å². The summed E-state index contributed by atoms with van der Waals surface area (Å²) >= 11 is 0. The van der Waals surface area contributed by atoms with E-state index < -0.39 is 40.6 Å². The van der Waals surface area contributed by atoms with Crippen LogP contribution in [0.15, 0.2) is 65.9 Å². The van der Waals surface area contributed by atoms with Crippen molar-refractivity contribution in [3.8, 4) is 0 Å². The zero-order valence-corrected chi connectivity index (χ0v) is 31.7. The number of ether oxygens (including phenoxy) is 1. The van der Waals surface area contributed by atoms with Crippen molar-refractivity contribution >= 4 is 34.8 Å². The van der Waals surface area contributed by atoms with Crippen LogP contribution in [0.3, 0.4) is 0 Å². The predicted octanol–water partition coefficient (Wildman–Crippen LogP) is 4.32. The van der Waals surface area contributed by atoms with Gasteiger partial charge in [-0.2, -0.15) is 0 Å². The van der Waals surface area contributed by atoms with E-state index in [1.165, 1.54) is 0 Å². The number of nitrogens with two attached hydrogens (primary N) is 1. The topological polar surface area (TPSA) is 209 Å². The van der Waals surface area contributed by atoms with Gasteiger partial charge in [0.15, 0.2) is 5.03 Å². The quantitative estimate of drug-likeness (QED) is 0.0302. The van der Waals surface area contributed by atoms with E-state index in [9.17, 15) is 24.5 Å². The van der Waals surface area contributed by atoms with Gasteiger partial charge in [-0.1, -0.05) is 74.7 Å². The summed E-state index contributed by atoms with van der Waals surface area (Å²) in [5, 5.41) is 25.4. The highest BCUT2D eigenvalue weighted by Crippen LogP contribution is 2.20. The highest BCUT2D eigenvalue weighted by Gasteiger charge is 2.30. The fourth-order valence-electron chi connectivity index (χ4n) is 6.00. The summed E-state index contributed by atoms with van der Waals surface area (Å²) in [6.45, 7) is 8.96. The summed E-state index contributed by atoms with van der Waals surface area (Å²) in [4.78, 5) is 57.3. The molecular weight excluding hydrogens is 678 g/mol. The molecule has 0 aliphatic heterocycles. The van der Waals surface area contributed by atoms with Gasteiger partial charge in [0, 0.05) is 42.7 Å². The van der Waals surface area contributed by atoms with E-state index in [-0.39, 0.29) is 32.8 Å². The monoisotopic (exact) mass is 737 g/mol. The van der Waals surface area contributed by atoms with Crippen LogP contribution in [0.5, 0.6) is 0 Å². The third kappa shape index (κ3) is 15.9. The second kappa shape index (κ2) is 21.4. The molecule has 0 bridgehead atoms. The minimum atomic E-state index is -1.06. The van der Waals surface area contributed by atoms with Gasteiger partial charge >= 0.3 is 6.09 Å². The zero-order valence-electron chi connectivity index (χ0n) is 32.7. The van der Waals surface area contributed by atoms with Crippen LogP contribution in [0.1, 0.15) is 78.8 Å². The Morgan fingerprint density at radius 1 is 0.962 bits per heavy atom. The number of benzene rings is 2. The normalized spacial score (nSPS) is 13.6. The van der Waals surface area contributed by atoms with Gasteiger partial charge in [-0.3, -0.25) is 9.59 Å². The van der Waals surface area contributed by atoms with E-state index >= 15 is 0 Å². The Bertz CT molecular complexity index is 1650. The summed E-state index contributed by atoms with van der Waals surface area (Å²) in [6.07, 6.45) is 6.83. The average Bonchev–Trinajstić information content (AvgIpc) is 3.49. The number of H-pyrrole nitrogens is 1. The number of nitro groups is 1. The number of rotatable bonds is 21. The van der Waals surface area contributed by atoms with Crippen LogP contribution >= 0.6 is 0 Å². The number of fused-ring (bicyclic) bond motifs is 1. The van der Waals surface area contributed by atoms with E-state index in [0.29, 0.717) is 19.4 Å². The molecular formula is C38H58N9O6-. The molecule has 0 aliphatic carbocycles. The lowest BCUT2D eigenvalue weighted by Crippen LogP contribution is -2.57. The molecule has 1 aromatic heterocycles. The standard InChI is InChI=1S/C38H57N9O6.H/c1-6-7-8-14-22-46(5)26-29(24-28-25-41-31-19-13-12-18-30(28)31)42-34(48)32(20-15-21-40-36(39)45-47(51)52)43-35(49)33(23-27-16-10-9-11-17-27)44-37(50)53-38(2,3)4;/h9-13,16-19,25,29,32-33,41H,6-8,14-15,20-24,26H2,1-5H3,(H,42,48)(H,43,49)(H,44,50)(H3,39,40,45);/q;-1/t29-,32-,33+;/m0./s1/i;1+1. The molecule has 0 radical (unpaired) electrons. The fraction of sp³-hybridized carbons (Fsp3) is 0.526. The SMILES string of the molecule is CCCCCCN(C)C[C@H](Cc1c[nH]c2ccccc12)NC(=O)[C@H](CCCN/C(N)=N/[N+](=O)[O-])NC(=O)[C@@H](Cc1ccccc1)NC(=O)OC(C)(C)C.[2H-]. The number of unbranched alkanes of at least 4 members (excludes halogenated alkanes) is 3. The van der Waals surface area contributed by atoms with Gasteiger partial charge in [0.25, 0.3) is 5.96 Å². The van der Waals surface area contributed by atoms with Gasteiger partial charge in [0.2, 0.25) is 11.8 Å². The molecule has 292 valence electrons. The molecule has 3 rings (SSSR count). The average molecular weight is 738 g/mol. The maximum absolute atomic E-state index is 14.2. The van der Waals surface area contributed by atoms with E-state index in [1.54, 1.807) is 20.8 Å². The molecule has 0 saturated carbocycles. The number of hydrogen-bond donors (Lipinski definition) is 6. The first kappa shape index (κ1) is 42.2. The maximum Gasteiger partial charge on any atom is 0.408 e. The lowest BCUT2D eigenvalue weighted by Gasteiger charge is -2.28. The number of hydrogen-bond acceptors (Lipinski definition) is 7. The molecule has 3 aromatic rings. The molecule has 53 heavy (non-hydrogen) atoms. The smallest absolute Gasteiger partial charge is 0.408 e. The van der Waals surface area contributed by atoms with Crippen molar-refractivity contribution < 1.29 is 25.6 Å². The Labute approximate surface area is 313 Å². The number of carbonyl (C=O) groups is 3. The highest BCUT2D eigenvalue weighted by molar-refractivity contribution is 5.91. The summed E-state index contributed by atoms with van der Waals surface area (Å²) in [5.41, 5.74) is 7.65. The number of guanidine groups is 1. The molecule has 0 unspecified atom stereocenters. The number of nitrogens with zero attached hydrogens (tertiary/aromatic N) is 3. The number of aromatic nitrogens is 1. The largest absolute Gasteiger partial charge is 1.00 e. The van der Waals surface area contributed by atoms with Gasteiger partial charge in [0.1, 0.15) is 22.8 Å². The second-order valence-electron chi connectivity index (χ2n) is 14.3. The van der Waals surface area contributed by atoms with Gasteiger partial charge in [-0.05, 0) is 77.2 Å². The van der Waals surface area contributed by atoms with E-state index in [1.807, 2.05) is 67.8 Å². The Morgan fingerprint density at radius 3 is 2.36 bits per heavy atom. The summed E-state index contributed by atoms with van der Waals surface area (Å²) in [7, 11) is 2.04. The third-order valence-electron chi connectivity index (χ3n) is 8.50. The van der Waals surface area contributed by atoms with Crippen LogP contribution in [-0.2, 0) is 27.2 Å². The number of carbonyl (C=O) groups excluding carboxylic acids is 3. The molecule has 15 heteroatoms. The Kier molecular flexibility index (Phi) is 17.0. The predicted molar refractivity (Wildman–Crippen MR) is 208 cm³/mol. The summed E-state index contributed by atoms with van der Waals surface area (Å²) < 4.78 is 5.45. The van der Waals surface area contributed by atoms with Crippen LogP contribution in [-0.4, -0.2) is 89.2 Å². The minimum absolute atomic E-state index is 0. The molecule has 0 fully saturated rings. The first-order valence-electron chi connectivity index (χ1n) is 18.3. The van der Waals surface area contributed by atoms with Crippen LogP contribution in [0.4, 0.5) is 4.79 Å². The van der Waals surface area contributed by atoms with Gasteiger partial charge in [-0.25, -0.2) is 14.9 Å². The van der Waals surface area contributed by atoms with Crippen molar-refractivity contribution in [2.45, 2.75) is 103 Å². The molecule has 0 aliphatic rings. The van der Waals surface area contributed by atoms with Crippen molar-refractivity contribution in [2.24, 2.45) is 10.8 Å². The molecule has 0 saturated heterocycles. The zero-order chi connectivity index (χ0) is 38.8. The number of nitrogens with one attached hydrogen (secondary N) is 5. The number of hydrazone groups is 1. The molecule has 3 amide bonds. The Balaban J connectivity index is 0.0000101. The Morgan fingerprint density at radius 2 is 1.66 bits per heavy atom. The summed E-state index contributed by atoms with van der Waals surface area (Å²) in [6, 6.07) is 14.8. The maximum atomic E-state index is 14.2. The molecule has 2 aromatic carbocycles. The highest BCUT2D eigenvalue weighted by atomic mass is 16.7. The van der Waals surface area contributed by atoms with Crippen LogP contribution < -0.4 is 27.0 Å². The van der Waals surface area contributed by atoms with Gasteiger partial charge < -0.3 is 43.0 Å². The second-order valence-corrected chi connectivity index (χ2v) is 14.3. The third-order valence-corrected chi connectivity index (χ3v) is 8.50. The van der Waals surface area contributed by atoms with E-state index in [2.05, 4.69) is 43.2 Å². The van der Waals surface area contributed by atoms with E-state index in [4.69, 9.17) is 10.5 Å². The Hall–Kier alpha value is -5.18. The van der Waals surface area contributed by atoms with Crippen molar-refractivity contribution in [3.63, 3.8) is 0 Å². The molecule has 0 spiro atoms. The molecule has 7 N–H and O–H groups in total. The number of aromatic amines is 1. The van der Waals surface area contributed by atoms with Crippen molar-refractivity contribution in [1.29, 1.82) is 0 Å². The minimum Gasteiger partial charge on any atom is -1.00 e. The summed E-state index contributed by atoms with van der Waals surface area (Å²) in [5.74, 6) is -1.33. The molecule has 15 nitrogen and oxygen atoms in total. The van der Waals surface area contributed by atoms with Crippen molar-refractivity contribution in [3.05, 3.63) is 82.0 Å². The number of likely N-dealkylation sites (N-methyl/N-ethyl adjacent to an activating group) is 1. The number of amides is 3. The molecule has 3 atom stereocenters. The van der Waals surface area contributed by atoms with Gasteiger partial charge in [0.05, 0.1) is 0 Å². The first-order valence-corrected chi connectivity index (χ1v) is 18.3. The number of alkyl carbamates (subject to hydrolysis) is 1. The lowest BCUT2D eigenvalue weighted by atomic mass is 10.0. The van der Waals surface area contributed by atoms with Crippen LogP contribution in [0.25, 0.3) is 10.9 Å². The van der Waals surface area contributed by atoms with Crippen LogP contribution in [0, 0.1) is 10.1 Å². The fourth-order valence-corrected chi connectivity index (χ4v) is 6.00. The lowest BCUT2D eigenvalue weighted by molar-refractivity contribution is -0.485. The first-order chi connectivity index (χ1) is 25.2. The van der Waals surface area contributed by atoms with Crippen LogP contribution in [0.2, 0.25) is 0 Å². The molecule has 1 heterocycles. The van der Waals surface area contributed by atoms with Crippen molar-refractivity contribution in [2.75, 3.05) is 26.7 Å².